The van der Waals surface area contributed by atoms with Crippen molar-refractivity contribution in [3.8, 4) is 11.4 Å². The van der Waals surface area contributed by atoms with Crippen LogP contribution in [0.5, 0.6) is 0 Å². The van der Waals surface area contributed by atoms with Gasteiger partial charge < -0.3 is 0 Å². The van der Waals surface area contributed by atoms with Gasteiger partial charge >= 0.3 is 0 Å². The average Bonchev–Trinajstić information content (AvgIpc) is 3.01. The summed E-state index contributed by atoms with van der Waals surface area (Å²) in [6, 6.07) is 4.28. The van der Waals surface area contributed by atoms with Gasteiger partial charge in [0.2, 0.25) is 0 Å². The van der Waals surface area contributed by atoms with Gasteiger partial charge in [-0.1, -0.05) is 0 Å². The van der Waals surface area contributed by atoms with E-state index >= 15 is 0 Å². The Hall–Kier alpha value is -2.96. The Morgan fingerprint density at radius 2 is 1.85 bits per heavy atom. The molecule has 27 heavy (non-hydrogen) atoms. The topological polar surface area (TPSA) is 65.8 Å². The molecule has 2 atom stereocenters. The van der Waals surface area contributed by atoms with Crippen LogP contribution in [0.4, 0.5) is 0 Å². The molecule has 0 aliphatic heterocycles. The fourth-order valence-electron chi connectivity index (χ4n) is 3.94. The van der Waals surface area contributed by atoms with E-state index in [-0.39, 0.29) is 0 Å². The van der Waals surface area contributed by atoms with E-state index in [1.807, 2.05) is 41.1 Å². The summed E-state index contributed by atoms with van der Waals surface area (Å²) < 4.78 is 5.74. The molecule has 1 aliphatic rings. The Balaban J connectivity index is 1.52. The van der Waals surface area contributed by atoms with E-state index in [0.717, 1.165) is 46.1 Å². The van der Waals surface area contributed by atoms with Crippen molar-refractivity contribution < 1.29 is 0 Å². The molecule has 1 saturated carbocycles. The molecule has 0 aromatic carbocycles. The Kier molecular flexibility index (Phi) is 3.32. The van der Waals surface area contributed by atoms with E-state index in [4.69, 9.17) is 10.1 Å². The minimum absolute atomic E-state index is 0.470. The zero-order chi connectivity index (χ0) is 18.9. The normalized spacial score (nSPS) is 19.1. The molecule has 0 bridgehead atoms. The fraction of sp³-hybridized carbons (Fsp3) is 0.400. The van der Waals surface area contributed by atoms with Crippen LogP contribution in [0.25, 0.3) is 17.0 Å². The van der Waals surface area contributed by atoms with E-state index in [0.29, 0.717) is 11.8 Å². The Labute approximate surface area is 157 Å². The second-order valence-electron chi connectivity index (χ2n) is 7.70. The van der Waals surface area contributed by atoms with Crippen LogP contribution >= 0.6 is 0 Å². The minimum atomic E-state index is 0.470. The van der Waals surface area contributed by atoms with E-state index in [1.54, 1.807) is 0 Å². The fourth-order valence-corrected chi connectivity index (χ4v) is 3.94. The lowest BCUT2D eigenvalue weighted by Gasteiger charge is -2.05. The largest absolute Gasteiger partial charge is 0.276 e. The third-order valence-electron chi connectivity index (χ3n) is 5.72. The SMILES string of the molecule is Cc1nn2c(C)cc(-c3cc(C4CC4c4cnn(C)c4)nn3C)nc2c1C. The Morgan fingerprint density at radius 3 is 2.59 bits per heavy atom. The molecule has 0 N–H and O–H groups in total. The van der Waals surface area contributed by atoms with Crippen molar-refractivity contribution in [2.45, 2.75) is 39.0 Å². The van der Waals surface area contributed by atoms with Gasteiger partial charge in [0.15, 0.2) is 5.65 Å². The summed E-state index contributed by atoms with van der Waals surface area (Å²) in [4.78, 5) is 4.89. The first-order valence-electron chi connectivity index (χ1n) is 9.29. The lowest BCUT2D eigenvalue weighted by Crippen LogP contribution is -2.01. The predicted octanol–water partition coefficient (Wildman–Crippen LogP) is 3.06. The molecular weight excluding hydrogens is 338 g/mol. The van der Waals surface area contributed by atoms with Gasteiger partial charge in [-0.15, -0.1) is 0 Å². The molecule has 7 heteroatoms. The highest BCUT2D eigenvalue weighted by Gasteiger charge is 2.42. The molecule has 138 valence electrons. The molecule has 1 fully saturated rings. The van der Waals surface area contributed by atoms with Crippen molar-refractivity contribution in [1.82, 2.24) is 34.2 Å². The highest BCUT2D eigenvalue weighted by Crippen LogP contribution is 2.54. The Morgan fingerprint density at radius 1 is 1.04 bits per heavy atom. The summed E-state index contributed by atoms with van der Waals surface area (Å²) in [7, 11) is 3.96. The number of fused-ring (bicyclic) bond motifs is 1. The smallest absolute Gasteiger partial charge is 0.159 e. The average molecular weight is 361 g/mol. The summed E-state index contributed by atoms with van der Waals surface area (Å²) in [6.45, 7) is 6.17. The summed E-state index contributed by atoms with van der Waals surface area (Å²) in [6.07, 6.45) is 5.21. The molecule has 4 aromatic heterocycles. The highest BCUT2D eigenvalue weighted by atomic mass is 15.3. The summed E-state index contributed by atoms with van der Waals surface area (Å²) in [5.41, 5.74) is 8.58. The van der Waals surface area contributed by atoms with E-state index in [2.05, 4.69) is 42.4 Å². The van der Waals surface area contributed by atoms with Crippen LogP contribution in [-0.4, -0.2) is 34.2 Å². The van der Waals surface area contributed by atoms with Gasteiger partial charge in [0.05, 0.1) is 29.0 Å². The van der Waals surface area contributed by atoms with Crippen LogP contribution in [0.15, 0.2) is 24.5 Å². The lowest BCUT2D eigenvalue weighted by molar-refractivity contribution is 0.744. The van der Waals surface area contributed by atoms with Crippen LogP contribution in [0.3, 0.4) is 0 Å². The molecule has 2 unspecified atom stereocenters. The monoisotopic (exact) mass is 361 g/mol. The van der Waals surface area contributed by atoms with Crippen LogP contribution < -0.4 is 0 Å². The molecule has 7 nitrogen and oxygen atoms in total. The van der Waals surface area contributed by atoms with Crippen molar-refractivity contribution in [1.29, 1.82) is 0 Å². The van der Waals surface area contributed by atoms with Gasteiger partial charge in [0.1, 0.15) is 0 Å². The van der Waals surface area contributed by atoms with Gasteiger partial charge in [-0.3, -0.25) is 9.36 Å². The second kappa shape index (κ2) is 5.52. The predicted molar refractivity (Wildman–Crippen MR) is 103 cm³/mol. The van der Waals surface area contributed by atoms with Crippen molar-refractivity contribution in [2.24, 2.45) is 14.1 Å². The summed E-state index contributed by atoms with van der Waals surface area (Å²) >= 11 is 0. The maximum Gasteiger partial charge on any atom is 0.159 e. The van der Waals surface area contributed by atoms with Crippen molar-refractivity contribution in [2.75, 3.05) is 0 Å². The van der Waals surface area contributed by atoms with Gasteiger partial charge in [-0.2, -0.15) is 15.3 Å². The van der Waals surface area contributed by atoms with Gasteiger partial charge in [0.25, 0.3) is 0 Å². The first-order valence-corrected chi connectivity index (χ1v) is 9.29. The van der Waals surface area contributed by atoms with Gasteiger partial charge in [-0.05, 0) is 50.8 Å². The second-order valence-corrected chi connectivity index (χ2v) is 7.70. The van der Waals surface area contributed by atoms with Crippen LogP contribution in [0, 0.1) is 20.8 Å². The van der Waals surface area contributed by atoms with E-state index in [9.17, 15) is 0 Å². The quantitative estimate of drug-likeness (QED) is 0.562. The van der Waals surface area contributed by atoms with Crippen molar-refractivity contribution in [3.63, 3.8) is 0 Å². The molecule has 0 radical (unpaired) electrons. The molecular formula is C20H23N7. The lowest BCUT2D eigenvalue weighted by atomic mass is 10.1. The zero-order valence-electron chi connectivity index (χ0n) is 16.3. The maximum absolute atomic E-state index is 4.89. The van der Waals surface area contributed by atoms with E-state index < -0.39 is 0 Å². The number of hydrogen-bond donors (Lipinski definition) is 0. The third kappa shape index (κ3) is 2.49. The zero-order valence-corrected chi connectivity index (χ0v) is 16.3. The number of aromatic nitrogens is 7. The number of nitrogens with zero attached hydrogens (tertiary/aromatic N) is 7. The molecule has 5 rings (SSSR count). The van der Waals surface area contributed by atoms with Gasteiger partial charge in [-0.25, -0.2) is 9.50 Å². The molecule has 4 heterocycles. The summed E-state index contributed by atoms with van der Waals surface area (Å²) in [5.74, 6) is 0.997. The van der Waals surface area contributed by atoms with Crippen molar-refractivity contribution >= 4 is 5.65 Å². The maximum atomic E-state index is 4.89. The molecule has 4 aromatic rings. The van der Waals surface area contributed by atoms with Gasteiger partial charge in [0, 0.05) is 37.5 Å². The third-order valence-corrected chi connectivity index (χ3v) is 5.72. The number of rotatable bonds is 3. The van der Waals surface area contributed by atoms with Crippen LogP contribution in [-0.2, 0) is 14.1 Å². The standard InChI is InChI=1S/C20H23N7/c1-11-6-18(22-20-12(2)13(3)23-27(11)20)19-8-17(24-26(19)5)16-7-15(16)14-9-21-25(4)10-14/h6,8-10,15-16H,7H2,1-5H3. The van der Waals surface area contributed by atoms with Crippen LogP contribution in [0.1, 0.15) is 46.5 Å². The molecule has 0 spiro atoms. The first-order chi connectivity index (χ1) is 12.9. The number of hydrogen-bond acceptors (Lipinski definition) is 4. The van der Waals surface area contributed by atoms with E-state index in [1.165, 1.54) is 5.56 Å². The highest BCUT2D eigenvalue weighted by molar-refractivity contribution is 5.62. The first kappa shape index (κ1) is 16.2. The minimum Gasteiger partial charge on any atom is -0.276 e. The molecule has 1 aliphatic carbocycles. The Bertz CT molecular complexity index is 1180. The molecule has 0 amide bonds. The van der Waals surface area contributed by atoms with Crippen molar-refractivity contribution in [3.05, 3.63) is 52.7 Å². The van der Waals surface area contributed by atoms with Crippen LogP contribution in [0.2, 0.25) is 0 Å². The number of aryl methyl sites for hydroxylation is 5. The summed E-state index contributed by atoms with van der Waals surface area (Å²) in [5, 5.41) is 13.7. The molecule has 0 saturated heterocycles.